The van der Waals surface area contributed by atoms with Gasteiger partial charge >= 0.3 is 0 Å². The van der Waals surface area contributed by atoms with Crippen molar-refractivity contribution in [3.63, 3.8) is 0 Å². The van der Waals surface area contributed by atoms with E-state index in [0.29, 0.717) is 0 Å². The number of nitrogens with one attached hydrogen (secondary N) is 1. The number of benzene rings is 1. The molecule has 6 heteroatoms. The number of rotatable bonds is 5. The van der Waals surface area contributed by atoms with Crippen molar-refractivity contribution in [2.75, 3.05) is 6.54 Å². The maximum Gasteiger partial charge on any atom is 0.244 e. The molecule has 0 bridgehead atoms. The lowest BCUT2D eigenvalue weighted by molar-refractivity contribution is -0.124. The second-order valence-electron chi connectivity index (χ2n) is 5.33. The van der Waals surface area contributed by atoms with Crippen molar-refractivity contribution in [3.8, 4) is 0 Å². The molecule has 0 aliphatic rings. The van der Waals surface area contributed by atoms with E-state index in [4.69, 9.17) is 0 Å². The largest absolute Gasteiger partial charge is 0.386 e. The van der Waals surface area contributed by atoms with Gasteiger partial charge in [-0.3, -0.25) is 9.48 Å². The maximum absolute atomic E-state index is 13.6. The van der Waals surface area contributed by atoms with E-state index in [9.17, 15) is 14.3 Å². The standard InChI is InChI=1S/C16H20FN3O2/c1-10-8-11(2)20(19-10)12(3)16(22)18-9-15(21)13-6-4-5-7-14(13)17/h4-8,12,15,21H,9H2,1-3H3,(H,18,22). The average Bonchev–Trinajstić information content (AvgIpc) is 2.82. The molecule has 2 unspecified atom stereocenters. The highest BCUT2D eigenvalue weighted by molar-refractivity contribution is 5.79. The minimum Gasteiger partial charge on any atom is -0.386 e. The number of amides is 1. The molecule has 1 aromatic carbocycles. The number of carbonyl (C=O) groups is 1. The molecule has 2 rings (SSSR count). The van der Waals surface area contributed by atoms with Gasteiger partial charge in [0.25, 0.3) is 0 Å². The van der Waals surface area contributed by atoms with Gasteiger partial charge in [-0.15, -0.1) is 0 Å². The Morgan fingerprint density at radius 2 is 2.09 bits per heavy atom. The Morgan fingerprint density at radius 1 is 1.41 bits per heavy atom. The van der Waals surface area contributed by atoms with Gasteiger partial charge in [-0.25, -0.2) is 4.39 Å². The minimum atomic E-state index is -1.09. The third-order valence-electron chi connectivity index (χ3n) is 3.52. The Hall–Kier alpha value is -2.21. The number of hydrogen-bond acceptors (Lipinski definition) is 3. The van der Waals surface area contributed by atoms with Crippen LogP contribution in [0, 0.1) is 19.7 Å². The molecule has 0 radical (unpaired) electrons. The molecule has 2 N–H and O–H groups in total. The van der Waals surface area contributed by atoms with Crippen LogP contribution in [0.5, 0.6) is 0 Å². The number of aryl methyl sites for hydroxylation is 2. The third kappa shape index (κ3) is 3.51. The summed E-state index contributed by atoms with van der Waals surface area (Å²) in [5.74, 6) is -0.766. The lowest BCUT2D eigenvalue weighted by atomic mass is 10.1. The van der Waals surface area contributed by atoms with Crippen LogP contribution in [-0.2, 0) is 4.79 Å². The van der Waals surface area contributed by atoms with Crippen LogP contribution in [0.4, 0.5) is 4.39 Å². The Labute approximate surface area is 128 Å². The van der Waals surface area contributed by atoms with Gasteiger partial charge in [0.15, 0.2) is 0 Å². The summed E-state index contributed by atoms with van der Waals surface area (Å²) in [6.07, 6.45) is -1.09. The lowest BCUT2D eigenvalue weighted by Crippen LogP contribution is -2.34. The van der Waals surface area contributed by atoms with Crippen molar-refractivity contribution >= 4 is 5.91 Å². The molecule has 0 saturated carbocycles. The topological polar surface area (TPSA) is 67.2 Å². The van der Waals surface area contributed by atoms with Crippen molar-refractivity contribution < 1.29 is 14.3 Å². The molecule has 22 heavy (non-hydrogen) atoms. The van der Waals surface area contributed by atoms with Crippen LogP contribution in [-0.4, -0.2) is 27.3 Å². The summed E-state index contributed by atoms with van der Waals surface area (Å²) in [6.45, 7) is 5.40. The van der Waals surface area contributed by atoms with Crippen LogP contribution in [0.15, 0.2) is 30.3 Å². The number of halogens is 1. The van der Waals surface area contributed by atoms with E-state index in [1.165, 1.54) is 12.1 Å². The van der Waals surface area contributed by atoms with Crippen LogP contribution in [0.2, 0.25) is 0 Å². The van der Waals surface area contributed by atoms with Gasteiger partial charge in [0, 0.05) is 17.8 Å². The summed E-state index contributed by atoms with van der Waals surface area (Å²) in [5.41, 5.74) is 1.89. The highest BCUT2D eigenvalue weighted by atomic mass is 19.1. The Kier molecular flexibility index (Phi) is 4.92. The molecule has 0 aliphatic heterocycles. The molecule has 2 aromatic rings. The Morgan fingerprint density at radius 3 is 2.68 bits per heavy atom. The smallest absolute Gasteiger partial charge is 0.244 e. The van der Waals surface area contributed by atoms with Crippen molar-refractivity contribution in [2.24, 2.45) is 0 Å². The second-order valence-corrected chi connectivity index (χ2v) is 5.33. The van der Waals surface area contributed by atoms with E-state index >= 15 is 0 Å². The van der Waals surface area contributed by atoms with Crippen LogP contribution in [0.1, 0.15) is 36.0 Å². The van der Waals surface area contributed by atoms with Crippen molar-refractivity contribution in [2.45, 2.75) is 32.9 Å². The summed E-state index contributed by atoms with van der Waals surface area (Å²) in [5, 5.41) is 16.9. The fourth-order valence-electron chi connectivity index (χ4n) is 2.35. The Balaban J connectivity index is 1.98. The third-order valence-corrected chi connectivity index (χ3v) is 3.52. The fraction of sp³-hybridized carbons (Fsp3) is 0.375. The second kappa shape index (κ2) is 6.70. The number of nitrogens with zero attached hydrogens (tertiary/aromatic N) is 2. The zero-order valence-electron chi connectivity index (χ0n) is 12.9. The van der Waals surface area contributed by atoms with Crippen molar-refractivity contribution in [1.82, 2.24) is 15.1 Å². The quantitative estimate of drug-likeness (QED) is 0.888. The fourth-order valence-corrected chi connectivity index (χ4v) is 2.35. The van der Waals surface area contributed by atoms with E-state index in [1.807, 2.05) is 19.9 Å². The molecule has 118 valence electrons. The van der Waals surface area contributed by atoms with Gasteiger partial charge in [-0.05, 0) is 32.9 Å². The van der Waals surface area contributed by atoms with Crippen molar-refractivity contribution in [1.29, 1.82) is 0 Å². The average molecular weight is 305 g/mol. The summed E-state index contributed by atoms with van der Waals surface area (Å²) >= 11 is 0. The minimum absolute atomic E-state index is 0.0522. The molecule has 2 atom stereocenters. The summed E-state index contributed by atoms with van der Waals surface area (Å²) in [7, 11) is 0. The molecule has 1 heterocycles. The first-order chi connectivity index (χ1) is 10.4. The Bertz CT molecular complexity index is 669. The molecular weight excluding hydrogens is 285 g/mol. The van der Waals surface area contributed by atoms with Gasteiger partial charge in [0.1, 0.15) is 11.9 Å². The summed E-state index contributed by atoms with van der Waals surface area (Å²) in [4.78, 5) is 12.1. The predicted molar refractivity (Wildman–Crippen MR) is 80.8 cm³/mol. The van der Waals surface area contributed by atoms with E-state index < -0.39 is 18.0 Å². The molecule has 0 fully saturated rings. The van der Waals surface area contributed by atoms with E-state index in [-0.39, 0.29) is 18.0 Å². The number of aliphatic hydroxyl groups excluding tert-OH is 1. The molecule has 0 saturated heterocycles. The van der Waals surface area contributed by atoms with Crippen LogP contribution >= 0.6 is 0 Å². The van der Waals surface area contributed by atoms with Gasteiger partial charge in [-0.2, -0.15) is 5.10 Å². The predicted octanol–water partition coefficient (Wildman–Crippen LogP) is 2.05. The first kappa shape index (κ1) is 16.2. The number of carbonyl (C=O) groups excluding carboxylic acids is 1. The number of aromatic nitrogens is 2. The monoisotopic (exact) mass is 305 g/mol. The first-order valence-electron chi connectivity index (χ1n) is 7.13. The molecule has 0 aliphatic carbocycles. The van der Waals surface area contributed by atoms with E-state index in [1.54, 1.807) is 23.7 Å². The van der Waals surface area contributed by atoms with E-state index in [0.717, 1.165) is 11.4 Å². The van der Waals surface area contributed by atoms with Crippen LogP contribution in [0.3, 0.4) is 0 Å². The van der Waals surface area contributed by atoms with Crippen molar-refractivity contribution in [3.05, 3.63) is 53.1 Å². The maximum atomic E-state index is 13.6. The van der Waals surface area contributed by atoms with Crippen LogP contribution < -0.4 is 5.32 Å². The molecule has 1 aromatic heterocycles. The van der Waals surface area contributed by atoms with Crippen LogP contribution in [0.25, 0.3) is 0 Å². The van der Waals surface area contributed by atoms with E-state index in [2.05, 4.69) is 10.4 Å². The summed E-state index contributed by atoms with van der Waals surface area (Å²) in [6, 6.07) is 7.35. The molecule has 1 amide bonds. The van der Waals surface area contributed by atoms with Gasteiger partial charge in [0.05, 0.1) is 11.8 Å². The lowest BCUT2D eigenvalue weighted by Gasteiger charge is -2.17. The number of hydrogen-bond donors (Lipinski definition) is 2. The highest BCUT2D eigenvalue weighted by Crippen LogP contribution is 2.16. The van der Waals surface area contributed by atoms with Gasteiger partial charge in [0.2, 0.25) is 5.91 Å². The zero-order valence-corrected chi connectivity index (χ0v) is 12.9. The molecular formula is C16H20FN3O2. The number of aliphatic hydroxyl groups is 1. The SMILES string of the molecule is Cc1cc(C)n(C(C)C(=O)NCC(O)c2ccccc2F)n1. The normalized spacial score (nSPS) is 13.7. The first-order valence-corrected chi connectivity index (χ1v) is 7.13. The molecule has 5 nitrogen and oxygen atoms in total. The summed E-state index contributed by atoms with van der Waals surface area (Å²) < 4.78 is 15.2. The van der Waals surface area contributed by atoms with Gasteiger partial charge < -0.3 is 10.4 Å². The highest BCUT2D eigenvalue weighted by Gasteiger charge is 2.19. The van der Waals surface area contributed by atoms with Gasteiger partial charge in [-0.1, -0.05) is 18.2 Å². The zero-order chi connectivity index (χ0) is 16.3. The molecule has 0 spiro atoms.